The van der Waals surface area contributed by atoms with E-state index in [4.69, 9.17) is 23.2 Å². The van der Waals surface area contributed by atoms with E-state index in [1.54, 1.807) is 17.4 Å². The van der Waals surface area contributed by atoms with Gasteiger partial charge < -0.3 is 5.32 Å². The average molecular weight is 327 g/mol. The number of thiazole rings is 1. The van der Waals surface area contributed by atoms with Crippen molar-refractivity contribution in [2.24, 2.45) is 0 Å². The molecule has 0 saturated carbocycles. The smallest absolute Gasteiger partial charge is 0.194 e. The van der Waals surface area contributed by atoms with E-state index < -0.39 is 0 Å². The van der Waals surface area contributed by atoms with Gasteiger partial charge in [-0.05, 0) is 25.5 Å². The SMILES string of the molecule is Cc1cc(Cl)nc(Cl)c1NCc1c(C)nc2sccn12. The number of pyridine rings is 1. The van der Waals surface area contributed by atoms with E-state index in [0.717, 1.165) is 27.6 Å². The van der Waals surface area contributed by atoms with E-state index >= 15 is 0 Å². The molecule has 0 fully saturated rings. The van der Waals surface area contributed by atoms with Crippen LogP contribution in [0.3, 0.4) is 0 Å². The Balaban J connectivity index is 1.90. The standard InChI is InChI=1S/C13H12Cl2N4S/c1-7-5-10(14)18-12(15)11(7)16-6-9-8(2)17-13-19(9)3-4-20-13/h3-5,16H,6H2,1-2H3. The van der Waals surface area contributed by atoms with E-state index in [1.807, 2.05) is 25.4 Å². The van der Waals surface area contributed by atoms with Crippen molar-refractivity contribution in [3.8, 4) is 0 Å². The molecule has 0 unspecified atom stereocenters. The molecule has 0 aliphatic heterocycles. The molecule has 0 atom stereocenters. The summed E-state index contributed by atoms with van der Waals surface area (Å²) in [5.41, 5.74) is 3.91. The van der Waals surface area contributed by atoms with Gasteiger partial charge in [0.05, 0.1) is 23.6 Å². The maximum atomic E-state index is 6.13. The van der Waals surface area contributed by atoms with Gasteiger partial charge in [-0.2, -0.15) is 0 Å². The summed E-state index contributed by atoms with van der Waals surface area (Å²) in [5.74, 6) is 0. The number of aromatic nitrogens is 3. The van der Waals surface area contributed by atoms with E-state index in [1.165, 1.54) is 0 Å². The Morgan fingerprint density at radius 1 is 1.30 bits per heavy atom. The Hall–Kier alpha value is -1.30. The van der Waals surface area contributed by atoms with Crippen LogP contribution in [0.1, 0.15) is 17.0 Å². The van der Waals surface area contributed by atoms with Gasteiger partial charge in [0.25, 0.3) is 0 Å². The lowest BCUT2D eigenvalue weighted by molar-refractivity contribution is 0.990. The van der Waals surface area contributed by atoms with E-state index in [2.05, 4.69) is 19.7 Å². The fourth-order valence-electron chi connectivity index (χ4n) is 2.13. The van der Waals surface area contributed by atoms with Crippen LogP contribution in [-0.4, -0.2) is 14.4 Å². The molecule has 3 heterocycles. The Bertz CT molecular complexity index is 755. The minimum absolute atomic E-state index is 0.388. The van der Waals surface area contributed by atoms with Crippen molar-refractivity contribution < 1.29 is 0 Å². The number of imidazole rings is 1. The summed E-state index contributed by atoms with van der Waals surface area (Å²) in [5, 5.41) is 6.13. The highest BCUT2D eigenvalue weighted by Crippen LogP contribution is 2.27. The third-order valence-electron chi connectivity index (χ3n) is 3.14. The van der Waals surface area contributed by atoms with Gasteiger partial charge in [0.15, 0.2) is 10.1 Å². The molecule has 0 aliphatic carbocycles. The molecule has 0 aliphatic rings. The summed E-state index contributed by atoms with van der Waals surface area (Å²) in [6.45, 7) is 4.59. The van der Waals surface area contributed by atoms with Gasteiger partial charge >= 0.3 is 0 Å². The van der Waals surface area contributed by atoms with Crippen LogP contribution in [0.5, 0.6) is 0 Å². The van der Waals surface area contributed by atoms with Crippen LogP contribution in [-0.2, 0) is 6.54 Å². The molecular formula is C13H12Cl2N4S. The molecule has 0 radical (unpaired) electrons. The number of nitrogens with one attached hydrogen (secondary N) is 1. The van der Waals surface area contributed by atoms with Gasteiger partial charge in [0.2, 0.25) is 0 Å². The topological polar surface area (TPSA) is 42.2 Å². The lowest BCUT2D eigenvalue weighted by Crippen LogP contribution is -2.06. The molecular weight excluding hydrogens is 315 g/mol. The largest absolute Gasteiger partial charge is 0.377 e. The second kappa shape index (κ2) is 5.24. The van der Waals surface area contributed by atoms with Crippen molar-refractivity contribution in [2.75, 3.05) is 5.32 Å². The average Bonchev–Trinajstić information content (AvgIpc) is 2.90. The molecule has 104 valence electrons. The molecule has 0 spiro atoms. The number of nitrogens with zero attached hydrogens (tertiary/aromatic N) is 3. The predicted molar refractivity (Wildman–Crippen MR) is 84.1 cm³/mol. The van der Waals surface area contributed by atoms with E-state index in [-0.39, 0.29) is 0 Å². The first kappa shape index (κ1) is 13.7. The molecule has 0 amide bonds. The van der Waals surface area contributed by atoms with Gasteiger partial charge in [-0.25, -0.2) is 9.97 Å². The highest BCUT2D eigenvalue weighted by molar-refractivity contribution is 7.15. The van der Waals surface area contributed by atoms with Crippen molar-refractivity contribution in [3.05, 3.63) is 44.9 Å². The number of rotatable bonds is 3. The molecule has 0 bridgehead atoms. The molecule has 20 heavy (non-hydrogen) atoms. The zero-order valence-corrected chi connectivity index (χ0v) is 13.3. The fraction of sp³-hybridized carbons (Fsp3) is 0.231. The summed E-state index contributed by atoms with van der Waals surface area (Å²) in [7, 11) is 0. The summed E-state index contributed by atoms with van der Waals surface area (Å²) in [4.78, 5) is 9.57. The molecule has 3 rings (SSSR count). The van der Waals surface area contributed by atoms with Gasteiger partial charge in [-0.15, -0.1) is 11.3 Å². The summed E-state index contributed by atoms with van der Waals surface area (Å²) < 4.78 is 2.08. The molecule has 0 saturated heterocycles. The maximum Gasteiger partial charge on any atom is 0.194 e. The van der Waals surface area contributed by atoms with Gasteiger partial charge in [0, 0.05) is 11.6 Å². The fourth-order valence-corrected chi connectivity index (χ4v) is 3.51. The quantitative estimate of drug-likeness (QED) is 0.728. The maximum absolute atomic E-state index is 6.13. The third kappa shape index (κ3) is 2.37. The monoisotopic (exact) mass is 326 g/mol. The third-order valence-corrected chi connectivity index (χ3v) is 4.36. The number of hydrogen-bond acceptors (Lipinski definition) is 4. The first-order chi connectivity index (χ1) is 9.56. The number of halogens is 2. The van der Waals surface area contributed by atoms with Crippen LogP contribution >= 0.6 is 34.5 Å². The lowest BCUT2D eigenvalue weighted by Gasteiger charge is -2.11. The number of hydrogen-bond donors (Lipinski definition) is 1. The van der Waals surface area contributed by atoms with Crippen LogP contribution in [0.15, 0.2) is 17.6 Å². The highest BCUT2D eigenvalue weighted by Gasteiger charge is 2.12. The summed E-state index contributed by atoms with van der Waals surface area (Å²) in [6.07, 6.45) is 2.02. The molecule has 7 heteroatoms. The Morgan fingerprint density at radius 3 is 2.85 bits per heavy atom. The molecule has 1 N–H and O–H groups in total. The van der Waals surface area contributed by atoms with Crippen molar-refractivity contribution in [1.29, 1.82) is 0 Å². The number of aryl methyl sites for hydroxylation is 2. The molecule has 3 aromatic rings. The normalized spacial score (nSPS) is 11.2. The number of anilines is 1. The molecule has 4 nitrogen and oxygen atoms in total. The zero-order valence-electron chi connectivity index (χ0n) is 10.9. The van der Waals surface area contributed by atoms with Crippen LogP contribution < -0.4 is 5.32 Å². The van der Waals surface area contributed by atoms with Crippen LogP contribution in [0, 0.1) is 13.8 Å². The van der Waals surface area contributed by atoms with Crippen LogP contribution in [0.4, 0.5) is 5.69 Å². The second-order valence-electron chi connectivity index (χ2n) is 4.48. The Kier molecular flexibility index (Phi) is 3.58. The molecule has 0 aromatic carbocycles. The van der Waals surface area contributed by atoms with Gasteiger partial charge in [-0.1, -0.05) is 23.2 Å². The van der Waals surface area contributed by atoms with Crippen molar-refractivity contribution in [2.45, 2.75) is 20.4 Å². The van der Waals surface area contributed by atoms with Crippen molar-refractivity contribution in [1.82, 2.24) is 14.4 Å². The Labute approximate surface area is 130 Å². The number of fused-ring (bicyclic) bond motifs is 1. The first-order valence-electron chi connectivity index (χ1n) is 6.04. The lowest BCUT2D eigenvalue weighted by atomic mass is 10.2. The molecule has 3 aromatic heterocycles. The predicted octanol–water partition coefficient (Wildman–Crippen LogP) is 4.33. The van der Waals surface area contributed by atoms with Crippen molar-refractivity contribution >= 4 is 45.2 Å². The summed E-state index contributed by atoms with van der Waals surface area (Å²) >= 11 is 13.6. The Morgan fingerprint density at radius 2 is 2.10 bits per heavy atom. The highest BCUT2D eigenvalue weighted by atomic mass is 35.5. The van der Waals surface area contributed by atoms with E-state index in [9.17, 15) is 0 Å². The van der Waals surface area contributed by atoms with Crippen molar-refractivity contribution in [3.63, 3.8) is 0 Å². The van der Waals surface area contributed by atoms with Crippen LogP contribution in [0.2, 0.25) is 10.3 Å². The first-order valence-corrected chi connectivity index (χ1v) is 7.67. The minimum Gasteiger partial charge on any atom is -0.377 e. The van der Waals surface area contributed by atoms with Gasteiger partial charge in [0.1, 0.15) is 5.15 Å². The van der Waals surface area contributed by atoms with Gasteiger partial charge in [-0.3, -0.25) is 4.40 Å². The second-order valence-corrected chi connectivity index (χ2v) is 6.10. The van der Waals surface area contributed by atoms with E-state index in [0.29, 0.717) is 16.9 Å². The van der Waals surface area contributed by atoms with Crippen LogP contribution in [0.25, 0.3) is 4.96 Å². The summed E-state index contributed by atoms with van der Waals surface area (Å²) in [6, 6.07) is 1.79. The minimum atomic E-state index is 0.388. The zero-order chi connectivity index (χ0) is 14.3.